The number of carbonyl (C=O) groups excluding carboxylic acids is 2. The molecule has 2 aliphatic rings. The topological polar surface area (TPSA) is 93.9 Å². The summed E-state index contributed by atoms with van der Waals surface area (Å²) in [5.41, 5.74) is 0.520. The summed E-state index contributed by atoms with van der Waals surface area (Å²) in [4.78, 5) is 27.0. The molecular formula is C16H17N3O4. The van der Waals surface area contributed by atoms with Gasteiger partial charge in [-0.25, -0.2) is 4.79 Å². The third-order valence-electron chi connectivity index (χ3n) is 4.10. The molecule has 2 aliphatic heterocycles. The molecule has 0 aliphatic carbocycles. The first kappa shape index (κ1) is 15.3. The number of aliphatic hydroxyl groups excluding tert-OH is 1. The number of hydrogen-bond donors (Lipinski definition) is 1. The predicted molar refractivity (Wildman–Crippen MR) is 79.5 cm³/mol. The second-order valence-electron chi connectivity index (χ2n) is 5.68. The van der Waals surface area contributed by atoms with Gasteiger partial charge in [0.15, 0.2) is 0 Å². The van der Waals surface area contributed by atoms with Crippen LogP contribution in [-0.4, -0.2) is 58.7 Å². The summed E-state index contributed by atoms with van der Waals surface area (Å²) in [5, 5.41) is 18.7. The zero-order chi connectivity index (χ0) is 16.4. The summed E-state index contributed by atoms with van der Waals surface area (Å²) >= 11 is 0. The summed E-state index contributed by atoms with van der Waals surface area (Å²) in [5.74, 6) is 0.285. The molecule has 0 unspecified atom stereocenters. The number of urea groups is 1. The first-order valence-corrected chi connectivity index (χ1v) is 7.53. The molecule has 2 heterocycles. The molecule has 1 N–H and O–H groups in total. The Hall–Kier alpha value is -2.59. The molecule has 3 amide bonds. The monoisotopic (exact) mass is 315 g/mol. The van der Waals surface area contributed by atoms with Crippen LogP contribution in [0.15, 0.2) is 24.3 Å². The Balaban J connectivity index is 1.53. The van der Waals surface area contributed by atoms with Gasteiger partial charge in [0.25, 0.3) is 5.91 Å². The van der Waals surface area contributed by atoms with E-state index in [0.717, 1.165) is 11.3 Å². The Labute approximate surface area is 133 Å². The molecule has 120 valence electrons. The lowest BCUT2D eigenvalue weighted by Gasteiger charge is -2.19. The van der Waals surface area contributed by atoms with Crippen molar-refractivity contribution in [3.63, 3.8) is 0 Å². The van der Waals surface area contributed by atoms with Crippen molar-refractivity contribution in [2.45, 2.75) is 25.0 Å². The van der Waals surface area contributed by atoms with E-state index in [4.69, 9.17) is 10.00 Å². The Morgan fingerprint density at radius 1 is 1.35 bits per heavy atom. The van der Waals surface area contributed by atoms with Crippen molar-refractivity contribution in [3.8, 4) is 11.8 Å². The van der Waals surface area contributed by atoms with E-state index >= 15 is 0 Å². The number of benzene rings is 1. The summed E-state index contributed by atoms with van der Waals surface area (Å²) in [6, 6.07) is 7.82. The number of carbonyl (C=O) groups is 2. The van der Waals surface area contributed by atoms with Crippen LogP contribution in [0.2, 0.25) is 0 Å². The van der Waals surface area contributed by atoms with Crippen LogP contribution in [0, 0.1) is 11.3 Å². The molecule has 3 rings (SSSR count). The number of aliphatic hydroxyl groups is 1. The second kappa shape index (κ2) is 6.26. The summed E-state index contributed by atoms with van der Waals surface area (Å²) in [6.45, 7) is 0.498. The fourth-order valence-corrected chi connectivity index (χ4v) is 2.93. The van der Waals surface area contributed by atoms with Gasteiger partial charge in [-0.05, 0) is 37.1 Å². The number of imide groups is 1. The minimum Gasteiger partial charge on any atom is -0.491 e. The summed E-state index contributed by atoms with van der Waals surface area (Å²) in [7, 11) is 0. The van der Waals surface area contributed by atoms with Crippen molar-refractivity contribution in [2.75, 3.05) is 19.7 Å². The minimum absolute atomic E-state index is 0.0341. The molecule has 2 fully saturated rings. The maximum atomic E-state index is 12.2. The van der Waals surface area contributed by atoms with Gasteiger partial charge in [0.1, 0.15) is 24.5 Å². The molecule has 0 bridgehead atoms. The minimum atomic E-state index is -0.960. The van der Waals surface area contributed by atoms with Crippen LogP contribution in [0.25, 0.3) is 0 Å². The van der Waals surface area contributed by atoms with Gasteiger partial charge < -0.3 is 14.7 Å². The highest BCUT2D eigenvalue weighted by molar-refractivity contribution is 6.04. The fourth-order valence-electron chi connectivity index (χ4n) is 2.93. The number of ether oxygens (including phenoxy) is 1. The molecule has 0 saturated carbocycles. The van der Waals surface area contributed by atoms with Gasteiger partial charge in [0.2, 0.25) is 0 Å². The Morgan fingerprint density at radius 2 is 2.09 bits per heavy atom. The number of fused-ring (bicyclic) bond motifs is 1. The SMILES string of the molecule is N#Cc1ccc(OC[C@@H](O)CN2C(=O)[C@@H]3CCCN3C2=O)cc1. The van der Waals surface area contributed by atoms with Crippen molar-refractivity contribution in [3.05, 3.63) is 29.8 Å². The molecular weight excluding hydrogens is 298 g/mol. The van der Waals surface area contributed by atoms with E-state index < -0.39 is 6.10 Å². The molecule has 7 heteroatoms. The molecule has 1 aromatic carbocycles. The van der Waals surface area contributed by atoms with Crippen LogP contribution >= 0.6 is 0 Å². The van der Waals surface area contributed by atoms with Crippen LogP contribution < -0.4 is 4.74 Å². The van der Waals surface area contributed by atoms with Crippen molar-refractivity contribution in [1.82, 2.24) is 9.80 Å². The molecule has 0 aromatic heterocycles. The second-order valence-corrected chi connectivity index (χ2v) is 5.68. The lowest BCUT2D eigenvalue weighted by Crippen LogP contribution is -2.41. The van der Waals surface area contributed by atoms with E-state index in [1.165, 1.54) is 0 Å². The lowest BCUT2D eigenvalue weighted by atomic mass is 10.2. The maximum Gasteiger partial charge on any atom is 0.327 e. The van der Waals surface area contributed by atoms with Crippen LogP contribution in [0.3, 0.4) is 0 Å². The van der Waals surface area contributed by atoms with Crippen LogP contribution in [0.5, 0.6) is 5.75 Å². The first-order valence-electron chi connectivity index (χ1n) is 7.53. The highest BCUT2D eigenvalue weighted by atomic mass is 16.5. The fraction of sp³-hybridized carbons (Fsp3) is 0.438. The van der Waals surface area contributed by atoms with Crippen molar-refractivity contribution >= 4 is 11.9 Å². The van der Waals surface area contributed by atoms with Crippen LogP contribution in [0.4, 0.5) is 4.79 Å². The van der Waals surface area contributed by atoms with E-state index in [0.29, 0.717) is 24.3 Å². The zero-order valence-electron chi connectivity index (χ0n) is 12.5. The Bertz CT molecular complexity index is 630. The Kier molecular flexibility index (Phi) is 4.17. The normalized spacial score (nSPS) is 21.3. The lowest BCUT2D eigenvalue weighted by molar-refractivity contribution is -0.129. The van der Waals surface area contributed by atoms with Crippen molar-refractivity contribution in [2.24, 2.45) is 0 Å². The molecule has 0 spiro atoms. The van der Waals surface area contributed by atoms with Gasteiger partial charge in [-0.15, -0.1) is 0 Å². The highest BCUT2D eigenvalue weighted by Gasteiger charge is 2.47. The van der Waals surface area contributed by atoms with Gasteiger partial charge >= 0.3 is 6.03 Å². The van der Waals surface area contributed by atoms with Crippen LogP contribution in [-0.2, 0) is 4.79 Å². The number of β-amino-alcohol motifs (C(OH)–C–C–N with tert-alkyl or cyclic N) is 1. The molecule has 2 atom stereocenters. The van der Waals surface area contributed by atoms with Gasteiger partial charge in [-0.1, -0.05) is 0 Å². The molecule has 0 radical (unpaired) electrons. The van der Waals surface area contributed by atoms with E-state index in [1.807, 2.05) is 6.07 Å². The smallest absolute Gasteiger partial charge is 0.327 e. The summed E-state index contributed by atoms with van der Waals surface area (Å²) in [6.07, 6.45) is 0.581. The maximum absolute atomic E-state index is 12.2. The van der Waals surface area contributed by atoms with E-state index in [9.17, 15) is 14.7 Å². The third kappa shape index (κ3) is 2.98. The first-order chi connectivity index (χ1) is 11.1. The molecule has 1 aromatic rings. The summed E-state index contributed by atoms with van der Waals surface area (Å²) < 4.78 is 5.42. The van der Waals surface area contributed by atoms with Crippen LogP contribution in [0.1, 0.15) is 18.4 Å². The quantitative estimate of drug-likeness (QED) is 0.808. The number of rotatable bonds is 5. The predicted octanol–water partition coefficient (Wildman–Crippen LogP) is 0.725. The zero-order valence-corrected chi connectivity index (χ0v) is 12.5. The van der Waals surface area contributed by atoms with Gasteiger partial charge in [-0.3, -0.25) is 9.69 Å². The number of hydrogen-bond acceptors (Lipinski definition) is 5. The van der Waals surface area contributed by atoms with E-state index in [-0.39, 0.29) is 31.1 Å². The largest absolute Gasteiger partial charge is 0.491 e. The average Bonchev–Trinajstić information content (AvgIpc) is 3.13. The number of nitriles is 1. The van der Waals surface area contributed by atoms with E-state index in [2.05, 4.69) is 0 Å². The number of nitrogens with zero attached hydrogens (tertiary/aromatic N) is 3. The number of amides is 3. The standard InChI is InChI=1S/C16H17N3O4/c17-8-11-3-5-13(6-4-11)23-10-12(20)9-19-15(21)14-2-1-7-18(14)16(19)22/h3-6,12,14,20H,1-2,7,9-10H2/t12-,14-/m0/s1. The Morgan fingerprint density at radius 3 is 2.74 bits per heavy atom. The van der Waals surface area contributed by atoms with Crippen molar-refractivity contribution in [1.29, 1.82) is 5.26 Å². The van der Waals surface area contributed by atoms with E-state index in [1.54, 1.807) is 29.2 Å². The third-order valence-corrected chi connectivity index (χ3v) is 4.10. The molecule has 2 saturated heterocycles. The van der Waals surface area contributed by atoms with Gasteiger partial charge in [-0.2, -0.15) is 5.26 Å². The van der Waals surface area contributed by atoms with Crippen molar-refractivity contribution < 1.29 is 19.4 Å². The van der Waals surface area contributed by atoms with Gasteiger partial charge in [0.05, 0.1) is 18.2 Å². The highest BCUT2D eigenvalue weighted by Crippen LogP contribution is 2.27. The molecule has 7 nitrogen and oxygen atoms in total. The molecule has 23 heavy (non-hydrogen) atoms. The average molecular weight is 315 g/mol. The van der Waals surface area contributed by atoms with Gasteiger partial charge in [0, 0.05) is 6.54 Å².